The number of hydrogen-bond donors (Lipinski definition) is 6. The predicted molar refractivity (Wildman–Crippen MR) is 125 cm³/mol. The van der Waals surface area contributed by atoms with Crippen LogP contribution in [0, 0.1) is 11.8 Å². The molecule has 0 amide bonds. The van der Waals surface area contributed by atoms with Crippen LogP contribution in [-0.4, -0.2) is 108 Å². The number of rotatable bonds is 10. The smallest absolute Gasteiger partial charge is 0.337 e. The van der Waals surface area contributed by atoms with Gasteiger partial charge in [0.1, 0.15) is 43.7 Å². The highest BCUT2D eigenvalue weighted by Crippen LogP contribution is 2.36. The Kier molecular flexibility index (Phi) is 10.4. The second kappa shape index (κ2) is 13.3. The monoisotopic (exact) mass is 539 g/mol. The molecule has 0 bridgehead atoms. The van der Waals surface area contributed by atoms with Gasteiger partial charge >= 0.3 is 5.97 Å². The van der Waals surface area contributed by atoms with Crippen molar-refractivity contribution in [2.45, 2.75) is 37.0 Å². The van der Waals surface area contributed by atoms with Crippen molar-refractivity contribution in [2.24, 2.45) is 11.8 Å². The maximum Gasteiger partial charge on any atom is 0.337 e. The number of carbonyl (C=O) groups excluding carboxylic acids is 2. The van der Waals surface area contributed by atoms with Gasteiger partial charge in [-0.3, -0.25) is 0 Å². The maximum atomic E-state index is 12.5. The van der Waals surface area contributed by atoms with Crippen molar-refractivity contribution >= 4 is 11.9 Å². The fourth-order valence-electron chi connectivity index (χ4n) is 4.49. The van der Waals surface area contributed by atoms with E-state index >= 15 is 0 Å². The normalized spacial score (nSPS) is 35.5. The van der Waals surface area contributed by atoms with Crippen LogP contribution in [0.25, 0.3) is 0 Å². The van der Waals surface area contributed by atoms with Crippen LogP contribution >= 0.6 is 0 Å². The molecule has 9 atom stereocenters. The molecule has 13 heteroatoms. The third kappa shape index (κ3) is 6.57. The molecule has 3 aliphatic heterocycles. The van der Waals surface area contributed by atoms with Crippen LogP contribution in [0.5, 0.6) is 0 Å². The quantitative estimate of drug-likeness (QED) is 0.115. The van der Waals surface area contributed by atoms with Crippen LogP contribution in [0.1, 0.15) is 0 Å². The summed E-state index contributed by atoms with van der Waals surface area (Å²) >= 11 is 0. The standard InChI is InChI=1S/C25H33NO12/c1-3-15-16(5-4-13-8-14(22(32)33)10-26(9-13)6-7-27)17(23(34)35-2)12-36-24(15)38-25-21(31)20(30)19(29)18(11-28)37-25/h3-5,8,10,12,15-16,18-21,24-25,27-31H,1,6-7,9,11H2,2H3,(H,32,33). The fraction of sp³-hybridized carbons (Fsp3) is 0.520. The van der Waals surface area contributed by atoms with Gasteiger partial charge in [-0.05, 0) is 6.08 Å². The summed E-state index contributed by atoms with van der Waals surface area (Å²) in [6.07, 6.45) is -0.0896. The minimum Gasteiger partial charge on any atom is -0.545 e. The lowest BCUT2D eigenvalue weighted by molar-refractivity contribution is -0.843. The van der Waals surface area contributed by atoms with E-state index in [0.29, 0.717) is 17.0 Å². The van der Waals surface area contributed by atoms with E-state index in [9.17, 15) is 40.2 Å². The summed E-state index contributed by atoms with van der Waals surface area (Å²) in [5.74, 6) is -3.58. The lowest BCUT2D eigenvalue weighted by atomic mass is 9.83. The number of allylic oxidation sites excluding steroid dienone is 1. The van der Waals surface area contributed by atoms with E-state index < -0.39 is 67.4 Å². The summed E-state index contributed by atoms with van der Waals surface area (Å²) in [6.45, 7) is 3.62. The number of quaternary nitrogens is 1. The van der Waals surface area contributed by atoms with E-state index in [0.717, 1.165) is 6.26 Å². The number of carboxylic acid groups (broad SMARTS) is 1. The van der Waals surface area contributed by atoms with Crippen molar-refractivity contribution in [3.05, 3.63) is 60.1 Å². The molecule has 38 heavy (non-hydrogen) atoms. The first-order valence-electron chi connectivity index (χ1n) is 11.9. The molecular formula is C25H33NO12. The zero-order valence-electron chi connectivity index (χ0n) is 20.7. The number of carboxylic acids is 1. The lowest BCUT2D eigenvalue weighted by Gasteiger charge is -2.42. The molecule has 13 nitrogen and oxygen atoms in total. The summed E-state index contributed by atoms with van der Waals surface area (Å²) in [4.78, 5) is 24.7. The van der Waals surface area contributed by atoms with Gasteiger partial charge in [0.25, 0.3) is 0 Å². The van der Waals surface area contributed by atoms with Crippen molar-refractivity contribution < 1.29 is 64.1 Å². The van der Waals surface area contributed by atoms with E-state index in [1.807, 2.05) is 0 Å². The fourth-order valence-corrected chi connectivity index (χ4v) is 4.49. The Labute approximate surface area is 218 Å². The topological polar surface area (TPSA) is 200 Å². The number of esters is 1. The third-order valence-corrected chi connectivity index (χ3v) is 6.55. The van der Waals surface area contributed by atoms with Gasteiger partial charge in [0.2, 0.25) is 6.29 Å². The van der Waals surface area contributed by atoms with Crippen molar-refractivity contribution in [1.82, 2.24) is 0 Å². The average Bonchev–Trinajstić information content (AvgIpc) is 2.91. The molecule has 0 radical (unpaired) electrons. The van der Waals surface area contributed by atoms with Gasteiger partial charge in [0.05, 0.1) is 49.6 Å². The summed E-state index contributed by atoms with van der Waals surface area (Å²) in [5.41, 5.74) is 0.633. The Morgan fingerprint density at radius 1 is 1.21 bits per heavy atom. The molecule has 3 aliphatic rings. The Balaban J connectivity index is 1.88. The highest BCUT2D eigenvalue weighted by Gasteiger charge is 2.47. The first-order valence-corrected chi connectivity index (χ1v) is 11.9. The molecule has 210 valence electrons. The second-order valence-corrected chi connectivity index (χ2v) is 9.02. The van der Waals surface area contributed by atoms with E-state index in [-0.39, 0.29) is 24.3 Å². The summed E-state index contributed by atoms with van der Waals surface area (Å²) in [6, 6.07) is 0. The van der Waals surface area contributed by atoms with Crippen LogP contribution in [0.4, 0.5) is 0 Å². The molecule has 9 unspecified atom stereocenters. The minimum atomic E-state index is -1.68. The Bertz CT molecular complexity index is 1000. The molecule has 3 rings (SSSR count). The molecule has 0 spiro atoms. The van der Waals surface area contributed by atoms with Crippen LogP contribution < -0.4 is 10.0 Å². The lowest BCUT2D eigenvalue weighted by Crippen LogP contribution is -3.08. The molecular weight excluding hydrogens is 506 g/mol. The van der Waals surface area contributed by atoms with Gasteiger partial charge < -0.3 is 59.3 Å². The van der Waals surface area contributed by atoms with Gasteiger partial charge in [-0.15, -0.1) is 6.58 Å². The molecule has 0 aromatic heterocycles. The molecule has 0 aromatic carbocycles. The Morgan fingerprint density at radius 3 is 2.55 bits per heavy atom. The average molecular weight is 540 g/mol. The molecule has 0 aromatic rings. The van der Waals surface area contributed by atoms with Crippen LogP contribution in [0.15, 0.2) is 60.1 Å². The SMILES string of the molecule is C=CC1C(OC2OC(CO)C(O)C(O)C2O)OC=C(C(=O)OC)C1C=CC1=CC(C(=O)[O-])=C[NH+](CCO)C1. The molecule has 0 saturated carbocycles. The Morgan fingerprint density at radius 2 is 1.95 bits per heavy atom. The van der Waals surface area contributed by atoms with E-state index in [1.165, 1.54) is 25.5 Å². The van der Waals surface area contributed by atoms with Gasteiger partial charge in [-0.25, -0.2) is 4.79 Å². The molecule has 0 aliphatic carbocycles. The molecule has 6 N–H and O–H groups in total. The summed E-state index contributed by atoms with van der Waals surface area (Å²) in [5, 5.41) is 60.6. The highest BCUT2D eigenvalue weighted by atomic mass is 16.8. The first kappa shape index (κ1) is 29.7. The summed E-state index contributed by atoms with van der Waals surface area (Å²) in [7, 11) is 1.19. The number of carbonyl (C=O) groups is 2. The minimum absolute atomic E-state index is 0.0563. The van der Waals surface area contributed by atoms with Crippen molar-refractivity contribution in [1.29, 1.82) is 0 Å². The largest absolute Gasteiger partial charge is 0.545 e. The summed E-state index contributed by atoms with van der Waals surface area (Å²) < 4.78 is 21.6. The molecule has 1 fully saturated rings. The van der Waals surface area contributed by atoms with Crippen molar-refractivity contribution in [2.75, 3.05) is 33.4 Å². The number of aliphatic hydroxyl groups is 5. The van der Waals surface area contributed by atoms with Crippen molar-refractivity contribution in [3.8, 4) is 0 Å². The van der Waals surface area contributed by atoms with Crippen LogP contribution in [0.3, 0.4) is 0 Å². The number of methoxy groups -OCH3 is 1. The zero-order chi connectivity index (χ0) is 28.0. The highest BCUT2D eigenvalue weighted by molar-refractivity contribution is 5.89. The predicted octanol–water partition coefficient (Wildman–Crippen LogP) is -4.36. The number of nitrogens with one attached hydrogen (secondary N) is 1. The zero-order valence-corrected chi connectivity index (χ0v) is 20.7. The Hall–Kier alpha value is -2.88. The van der Waals surface area contributed by atoms with Crippen LogP contribution in [-0.2, 0) is 28.5 Å². The first-order chi connectivity index (χ1) is 18.1. The van der Waals surface area contributed by atoms with Gasteiger partial charge in [0, 0.05) is 11.5 Å². The van der Waals surface area contributed by atoms with E-state index in [1.54, 1.807) is 12.2 Å². The molecule has 1 saturated heterocycles. The maximum absolute atomic E-state index is 12.5. The third-order valence-electron chi connectivity index (χ3n) is 6.55. The van der Waals surface area contributed by atoms with Gasteiger partial charge in [-0.2, -0.15) is 0 Å². The number of aliphatic hydroxyl groups excluding tert-OH is 5. The van der Waals surface area contributed by atoms with Crippen LogP contribution in [0.2, 0.25) is 0 Å². The number of hydrogen-bond acceptors (Lipinski definition) is 12. The number of aliphatic carboxylic acids is 1. The van der Waals surface area contributed by atoms with Gasteiger partial charge in [0.15, 0.2) is 6.29 Å². The number of ether oxygens (including phenoxy) is 4. The second-order valence-electron chi connectivity index (χ2n) is 9.02. The van der Waals surface area contributed by atoms with E-state index in [2.05, 4.69) is 6.58 Å². The van der Waals surface area contributed by atoms with Gasteiger partial charge in [-0.1, -0.05) is 18.2 Å². The molecule has 3 heterocycles. The van der Waals surface area contributed by atoms with E-state index in [4.69, 9.17) is 18.9 Å². The van der Waals surface area contributed by atoms with Crippen molar-refractivity contribution in [3.63, 3.8) is 0 Å².